The Labute approximate surface area is 136 Å². The van der Waals surface area contributed by atoms with Crippen LogP contribution in [0.3, 0.4) is 0 Å². The molecule has 0 saturated carbocycles. The molecule has 3 N–H and O–H groups in total. The Balaban J connectivity index is 2.07. The maximum Gasteiger partial charge on any atom is 0.0834 e. The normalized spacial score (nSPS) is 18.3. The fraction of sp³-hybridized carbons (Fsp3) is 0.786. The number of hydrogen-bond donors (Lipinski definition) is 2. The van der Waals surface area contributed by atoms with Crippen LogP contribution < -0.4 is 11.3 Å². The van der Waals surface area contributed by atoms with Gasteiger partial charge in [0.15, 0.2) is 0 Å². The summed E-state index contributed by atoms with van der Waals surface area (Å²) in [6.45, 7) is 1.76. The van der Waals surface area contributed by atoms with Crippen molar-refractivity contribution in [2.24, 2.45) is 11.8 Å². The maximum atomic E-state index is 6.35. The molecule has 1 aliphatic heterocycles. The van der Waals surface area contributed by atoms with E-state index < -0.39 is 0 Å². The van der Waals surface area contributed by atoms with Crippen LogP contribution in [0.25, 0.3) is 0 Å². The van der Waals surface area contributed by atoms with Gasteiger partial charge in [0.1, 0.15) is 0 Å². The van der Waals surface area contributed by atoms with Crippen LogP contribution in [-0.2, 0) is 6.54 Å². The van der Waals surface area contributed by atoms with Crippen molar-refractivity contribution in [1.29, 1.82) is 0 Å². The number of hydrazine groups is 1. The highest BCUT2D eigenvalue weighted by molar-refractivity contribution is 7.99. The van der Waals surface area contributed by atoms with Gasteiger partial charge in [0.2, 0.25) is 0 Å². The number of nitrogens with zero attached hydrogens (tertiary/aromatic N) is 3. The van der Waals surface area contributed by atoms with Gasteiger partial charge < -0.3 is 4.90 Å². The third-order valence-corrected chi connectivity index (χ3v) is 5.37. The molecule has 21 heavy (non-hydrogen) atoms. The maximum absolute atomic E-state index is 6.35. The van der Waals surface area contributed by atoms with E-state index in [2.05, 4.69) is 29.5 Å². The van der Waals surface area contributed by atoms with Gasteiger partial charge in [-0.3, -0.25) is 16.0 Å². The zero-order valence-electron chi connectivity index (χ0n) is 12.9. The zero-order chi connectivity index (χ0) is 15.2. The number of nitrogens with two attached hydrogens (primary N) is 1. The van der Waals surface area contributed by atoms with E-state index in [-0.39, 0.29) is 6.04 Å². The van der Waals surface area contributed by atoms with Crippen LogP contribution in [-0.4, -0.2) is 46.8 Å². The second kappa shape index (κ2) is 8.39. The summed E-state index contributed by atoms with van der Waals surface area (Å²) in [4.78, 5) is 2.14. The lowest BCUT2D eigenvalue weighted by Crippen LogP contribution is -2.33. The second-order valence-corrected chi connectivity index (χ2v) is 7.55. The minimum atomic E-state index is 0.0789. The van der Waals surface area contributed by atoms with Gasteiger partial charge in [-0.2, -0.15) is 16.9 Å². The molecule has 1 unspecified atom stereocenters. The van der Waals surface area contributed by atoms with Crippen LogP contribution in [0.2, 0.25) is 5.02 Å². The van der Waals surface area contributed by atoms with Crippen LogP contribution >= 0.6 is 23.4 Å². The number of nitrogens with one attached hydrogen (secondary N) is 1. The van der Waals surface area contributed by atoms with Crippen molar-refractivity contribution in [3.05, 3.63) is 16.9 Å². The number of hydrogen-bond acceptors (Lipinski definition) is 5. The van der Waals surface area contributed by atoms with Crippen molar-refractivity contribution in [3.63, 3.8) is 0 Å². The lowest BCUT2D eigenvalue weighted by atomic mass is 9.93. The van der Waals surface area contributed by atoms with Gasteiger partial charge in [-0.15, -0.1) is 0 Å². The van der Waals surface area contributed by atoms with Crippen LogP contribution in [0.5, 0.6) is 0 Å². The molecule has 0 aromatic carbocycles. The van der Waals surface area contributed by atoms with Gasteiger partial charge in [-0.05, 0) is 50.8 Å². The first-order valence-electron chi connectivity index (χ1n) is 7.51. The van der Waals surface area contributed by atoms with Crippen LogP contribution in [0.1, 0.15) is 31.0 Å². The first-order valence-corrected chi connectivity index (χ1v) is 9.05. The fourth-order valence-corrected chi connectivity index (χ4v) is 4.24. The third-order valence-electron chi connectivity index (χ3n) is 4.03. The molecule has 1 aromatic rings. The van der Waals surface area contributed by atoms with Gasteiger partial charge in [0.25, 0.3) is 0 Å². The first kappa shape index (κ1) is 17.1. The van der Waals surface area contributed by atoms with Crippen molar-refractivity contribution in [2.75, 3.05) is 32.1 Å². The minimum absolute atomic E-state index is 0.0789. The van der Waals surface area contributed by atoms with Gasteiger partial charge in [0, 0.05) is 6.54 Å². The molecule has 1 aliphatic rings. The minimum Gasteiger partial charge on any atom is -0.308 e. The summed E-state index contributed by atoms with van der Waals surface area (Å²) in [5.41, 5.74) is 3.98. The molecular weight excluding hydrogens is 306 g/mol. The van der Waals surface area contributed by atoms with Crippen molar-refractivity contribution in [3.8, 4) is 0 Å². The Morgan fingerprint density at radius 1 is 1.52 bits per heavy atom. The Kier molecular flexibility index (Phi) is 6.82. The van der Waals surface area contributed by atoms with Crippen LogP contribution in [0, 0.1) is 5.92 Å². The summed E-state index contributed by atoms with van der Waals surface area (Å²) in [5, 5.41) is 5.12. The predicted octanol–water partition coefficient (Wildman–Crippen LogP) is 2.14. The molecule has 0 spiro atoms. The van der Waals surface area contributed by atoms with Gasteiger partial charge in [-0.25, -0.2) is 0 Å². The van der Waals surface area contributed by atoms with Gasteiger partial charge in [0.05, 0.1) is 29.5 Å². The van der Waals surface area contributed by atoms with Crippen molar-refractivity contribution < 1.29 is 0 Å². The van der Waals surface area contributed by atoms with E-state index in [4.69, 9.17) is 17.4 Å². The predicted molar refractivity (Wildman–Crippen MR) is 90.5 cm³/mol. The summed E-state index contributed by atoms with van der Waals surface area (Å²) >= 11 is 8.40. The van der Waals surface area contributed by atoms with Gasteiger partial charge in [-0.1, -0.05) is 11.6 Å². The third kappa shape index (κ3) is 4.86. The number of likely N-dealkylation sites (N-methyl/N-ethyl adjacent to an activating group) is 1. The smallest absolute Gasteiger partial charge is 0.0834 e. The van der Waals surface area contributed by atoms with Crippen LogP contribution in [0.15, 0.2) is 6.20 Å². The molecular formula is C14H26ClN5S. The number of halogens is 1. The molecule has 0 bridgehead atoms. The van der Waals surface area contributed by atoms with Crippen molar-refractivity contribution in [2.45, 2.75) is 31.8 Å². The molecule has 1 saturated heterocycles. The number of aromatic nitrogens is 2. The van der Waals surface area contributed by atoms with E-state index in [0.29, 0.717) is 5.02 Å². The SMILES string of the molecule is CN(C)CCn1ncc(Cl)c1C(CC1CCSCC1)NN. The van der Waals surface area contributed by atoms with E-state index in [1.54, 1.807) is 6.20 Å². The summed E-state index contributed by atoms with van der Waals surface area (Å²) < 4.78 is 1.99. The van der Waals surface area contributed by atoms with Crippen LogP contribution in [0.4, 0.5) is 0 Å². The zero-order valence-corrected chi connectivity index (χ0v) is 14.5. The molecule has 0 amide bonds. The molecule has 2 rings (SSSR count). The molecule has 1 atom stereocenters. The van der Waals surface area contributed by atoms with E-state index in [1.807, 2.05) is 16.4 Å². The largest absolute Gasteiger partial charge is 0.308 e. The topological polar surface area (TPSA) is 59.1 Å². The van der Waals surface area contributed by atoms with E-state index in [1.165, 1.54) is 24.3 Å². The fourth-order valence-electron chi connectivity index (χ4n) is 2.77. The molecule has 2 heterocycles. The lowest BCUT2D eigenvalue weighted by molar-refractivity contribution is 0.337. The monoisotopic (exact) mass is 331 g/mol. The number of rotatable bonds is 7. The highest BCUT2D eigenvalue weighted by atomic mass is 35.5. The summed E-state index contributed by atoms with van der Waals surface area (Å²) in [6.07, 6.45) is 5.30. The van der Waals surface area contributed by atoms with E-state index in [9.17, 15) is 0 Å². The standard InChI is InChI=1S/C14H26ClN5S/c1-19(2)5-6-20-14(12(15)10-17-20)13(18-16)9-11-3-7-21-8-4-11/h10-11,13,18H,3-9,16H2,1-2H3. The highest BCUT2D eigenvalue weighted by Crippen LogP contribution is 2.33. The highest BCUT2D eigenvalue weighted by Gasteiger charge is 2.24. The molecule has 1 fully saturated rings. The Morgan fingerprint density at radius 2 is 2.24 bits per heavy atom. The molecule has 7 heteroatoms. The quantitative estimate of drug-likeness (QED) is 0.592. The van der Waals surface area contributed by atoms with E-state index >= 15 is 0 Å². The molecule has 120 valence electrons. The average Bonchev–Trinajstić information content (AvgIpc) is 2.85. The van der Waals surface area contributed by atoms with Crippen molar-refractivity contribution >= 4 is 23.4 Å². The second-order valence-electron chi connectivity index (χ2n) is 5.91. The molecule has 0 aliphatic carbocycles. The molecule has 5 nitrogen and oxygen atoms in total. The summed E-state index contributed by atoms with van der Waals surface area (Å²) in [6, 6.07) is 0.0789. The molecule has 1 aromatic heterocycles. The first-order chi connectivity index (χ1) is 10.1. The average molecular weight is 332 g/mol. The summed E-state index contributed by atoms with van der Waals surface area (Å²) in [5.74, 6) is 9.05. The van der Waals surface area contributed by atoms with Gasteiger partial charge >= 0.3 is 0 Å². The lowest BCUT2D eigenvalue weighted by Gasteiger charge is -2.27. The number of thioether (sulfide) groups is 1. The Hall–Kier alpha value is -0.270. The van der Waals surface area contributed by atoms with Crippen molar-refractivity contribution in [1.82, 2.24) is 20.1 Å². The Morgan fingerprint density at radius 3 is 2.86 bits per heavy atom. The summed E-state index contributed by atoms with van der Waals surface area (Å²) in [7, 11) is 4.12. The van der Waals surface area contributed by atoms with E-state index in [0.717, 1.165) is 31.1 Å². The Bertz CT molecular complexity index is 431. The molecule has 0 radical (unpaired) electrons.